The summed E-state index contributed by atoms with van der Waals surface area (Å²) in [5.41, 5.74) is 1.08. The van der Waals surface area contributed by atoms with E-state index in [0.717, 1.165) is 21.3 Å². The van der Waals surface area contributed by atoms with Gasteiger partial charge in [-0.1, -0.05) is 18.2 Å². The predicted octanol–water partition coefficient (Wildman–Crippen LogP) is 3.23. The molecule has 2 aromatic carbocycles. The van der Waals surface area contributed by atoms with E-state index < -0.39 is 14.9 Å². The minimum atomic E-state index is -3.88. The number of aromatic nitrogens is 1. The zero-order valence-electron chi connectivity index (χ0n) is 17.4. The fraction of sp³-hybridized carbons (Fsp3) is 0.333. The lowest BCUT2D eigenvalue weighted by molar-refractivity contribution is -0.385. The van der Waals surface area contributed by atoms with Crippen LogP contribution in [0.4, 0.5) is 5.69 Å². The number of hydrogen-bond donors (Lipinski definition) is 1. The molecule has 0 bridgehead atoms. The SMILES string of the molecule is Cc1ccc([N+](=O)[O-])cc1S(=O)(=O)N1CCC(C(=O)NCc2nc3ccccc3s2)CC1. The summed E-state index contributed by atoms with van der Waals surface area (Å²) >= 11 is 1.53. The first-order chi connectivity index (χ1) is 15.3. The van der Waals surface area contributed by atoms with E-state index in [4.69, 9.17) is 0 Å². The van der Waals surface area contributed by atoms with Crippen LogP contribution in [0.15, 0.2) is 47.4 Å². The molecule has 168 valence electrons. The maximum Gasteiger partial charge on any atom is 0.270 e. The average Bonchev–Trinajstić information content (AvgIpc) is 3.20. The molecule has 2 heterocycles. The van der Waals surface area contributed by atoms with Gasteiger partial charge in [0.2, 0.25) is 15.9 Å². The van der Waals surface area contributed by atoms with Crippen molar-refractivity contribution in [3.8, 4) is 0 Å². The van der Waals surface area contributed by atoms with E-state index >= 15 is 0 Å². The van der Waals surface area contributed by atoms with E-state index in [-0.39, 0.29) is 35.5 Å². The van der Waals surface area contributed by atoms with Crippen LogP contribution in [0.1, 0.15) is 23.4 Å². The third-order valence-electron chi connectivity index (χ3n) is 5.58. The van der Waals surface area contributed by atoms with Gasteiger partial charge in [-0.3, -0.25) is 14.9 Å². The quantitative estimate of drug-likeness (QED) is 0.432. The Hall–Kier alpha value is -2.89. The molecular formula is C21H22N4O5S2. The first kappa shape index (κ1) is 22.3. The Labute approximate surface area is 189 Å². The molecule has 0 aliphatic carbocycles. The molecule has 0 spiro atoms. The molecule has 3 aromatic rings. The molecule has 11 heteroatoms. The van der Waals surface area contributed by atoms with Crippen LogP contribution < -0.4 is 5.32 Å². The van der Waals surface area contributed by atoms with E-state index in [2.05, 4.69) is 10.3 Å². The van der Waals surface area contributed by atoms with Crippen LogP contribution in [0.2, 0.25) is 0 Å². The van der Waals surface area contributed by atoms with Crippen molar-refractivity contribution in [3.05, 3.63) is 63.1 Å². The second-order valence-corrected chi connectivity index (χ2v) is 10.7. The van der Waals surface area contributed by atoms with Gasteiger partial charge in [0.15, 0.2) is 0 Å². The van der Waals surface area contributed by atoms with E-state index in [9.17, 15) is 23.3 Å². The van der Waals surface area contributed by atoms with Crippen LogP contribution in [0, 0.1) is 23.0 Å². The van der Waals surface area contributed by atoms with Crippen molar-refractivity contribution < 1.29 is 18.1 Å². The summed E-state index contributed by atoms with van der Waals surface area (Å²) in [7, 11) is -3.88. The summed E-state index contributed by atoms with van der Waals surface area (Å²) in [5, 5.41) is 14.8. The third kappa shape index (κ3) is 4.50. The number of fused-ring (bicyclic) bond motifs is 1. The van der Waals surface area contributed by atoms with Crippen LogP contribution in [0.3, 0.4) is 0 Å². The lowest BCUT2D eigenvalue weighted by Gasteiger charge is -2.30. The van der Waals surface area contributed by atoms with Crippen LogP contribution in [-0.2, 0) is 21.4 Å². The maximum absolute atomic E-state index is 13.1. The maximum atomic E-state index is 13.1. The van der Waals surface area contributed by atoms with Crippen LogP contribution in [0.25, 0.3) is 10.2 Å². The summed E-state index contributed by atoms with van der Waals surface area (Å²) in [6, 6.07) is 11.6. The lowest BCUT2D eigenvalue weighted by Crippen LogP contribution is -2.43. The molecule has 1 aliphatic rings. The molecule has 32 heavy (non-hydrogen) atoms. The Balaban J connectivity index is 1.37. The van der Waals surface area contributed by atoms with Crippen molar-refractivity contribution in [2.24, 2.45) is 5.92 Å². The number of rotatable bonds is 6. The van der Waals surface area contributed by atoms with Crippen molar-refractivity contribution in [2.75, 3.05) is 13.1 Å². The second-order valence-electron chi connectivity index (χ2n) is 7.68. The normalized spacial score (nSPS) is 15.7. The first-order valence-corrected chi connectivity index (χ1v) is 12.4. The highest BCUT2D eigenvalue weighted by Gasteiger charge is 2.33. The van der Waals surface area contributed by atoms with Crippen molar-refractivity contribution in [3.63, 3.8) is 0 Å². The second kappa shape index (κ2) is 8.93. The highest BCUT2D eigenvalue weighted by molar-refractivity contribution is 7.89. The summed E-state index contributed by atoms with van der Waals surface area (Å²) in [6.45, 7) is 2.32. The number of carbonyl (C=O) groups excluding carboxylic acids is 1. The largest absolute Gasteiger partial charge is 0.349 e. The summed E-state index contributed by atoms with van der Waals surface area (Å²) < 4.78 is 28.5. The van der Waals surface area contributed by atoms with Gasteiger partial charge in [-0.25, -0.2) is 13.4 Å². The van der Waals surface area contributed by atoms with Crippen molar-refractivity contribution in [1.29, 1.82) is 0 Å². The number of carbonyl (C=O) groups is 1. The average molecular weight is 475 g/mol. The van der Waals surface area contributed by atoms with E-state index in [1.54, 1.807) is 6.92 Å². The number of hydrogen-bond acceptors (Lipinski definition) is 7. The number of nitro groups is 1. The molecule has 1 saturated heterocycles. The van der Waals surface area contributed by atoms with Gasteiger partial charge < -0.3 is 5.32 Å². The van der Waals surface area contributed by atoms with Crippen molar-refractivity contribution in [1.82, 2.24) is 14.6 Å². The van der Waals surface area contributed by atoms with Gasteiger partial charge in [-0.05, 0) is 37.5 Å². The number of para-hydroxylation sites is 1. The standard InChI is InChI=1S/C21H22N4O5S2/c1-14-6-7-16(25(27)28)12-19(14)32(29,30)24-10-8-15(9-11-24)21(26)22-13-20-23-17-4-2-3-5-18(17)31-20/h2-7,12,15H,8-11,13H2,1H3,(H,22,26). The number of benzene rings is 2. The van der Waals surface area contributed by atoms with Crippen LogP contribution >= 0.6 is 11.3 Å². The van der Waals surface area contributed by atoms with E-state index in [1.165, 1.54) is 27.8 Å². The Morgan fingerprint density at radius 3 is 2.66 bits per heavy atom. The molecule has 0 radical (unpaired) electrons. The number of non-ortho nitro benzene ring substituents is 1. The zero-order valence-corrected chi connectivity index (χ0v) is 19.0. The Kier molecular flexibility index (Phi) is 6.22. The van der Waals surface area contributed by atoms with Gasteiger partial charge in [0.25, 0.3) is 5.69 Å². The monoisotopic (exact) mass is 474 g/mol. The number of piperidine rings is 1. The molecule has 9 nitrogen and oxygen atoms in total. The molecule has 1 aromatic heterocycles. The highest BCUT2D eigenvalue weighted by atomic mass is 32.2. The Bertz CT molecular complexity index is 1250. The molecular weight excluding hydrogens is 452 g/mol. The molecule has 0 atom stereocenters. The van der Waals surface area contributed by atoms with Gasteiger partial charge in [0.05, 0.1) is 26.6 Å². The van der Waals surface area contributed by atoms with Crippen LogP contribution in [-0.4, -0.2) is 41.6 Å². The van der Waals surface area contributed by atoms with Crippen LogP contribution in [0.5, 0.6) is 0 Å². The fourth-order valence-corrected chi connectivity index (χ4v) is 6.40. The fourth-order valence-electron chi connectivity index (χ4n) is 3.78. The van der Waals surface area contributed by atoms with Gasteiger partial charge in [0, 0.05) is 31.1 Å². The predicted molar refractivity (Wildman–Crippen MR) is 121 cm³/mol. The number of thiazole rings is 1. The smallest absolute Gasteiger partial charge is 0.270 e. The summed E-state index contributed by atoms with van der Waals surface area (Å²) in [5.74, 6) is -0.408. The van der Waals surface area contributed by atoms with Crippen molar-refractivity contribution in [2.45, 2.75) is 31.2 Å². The first-order valence-electron chi connectivity index (χ1n) is 10.1. The topological polar surface area (TPSA) is 123 Å². The molecule has 1 amide bonds. The number of nitrogens with one attached hydrogen (secondary N) is 1. The number of nitrogens with zero attached hydrogens (tertiary/aromatic N) is 3. The molecule has 1 aliphatic heterocycles. The molecule has 1 fully saturated rings. The van der Waals surface area contributed by atoms with E-state index in [1.807, 2.05) is 24.3 Å². The number of nitro benzene ring substituents is 1. The number of aryl methyl sites for hydroxylation is 1. The highest BCUT2D eigenvalue weighted by Crippen LogP contribution is 2.28. The van der Waals surface area contributed by atoms with Crippen molar-refractivity contribution >= 4 is 43.2 Å². The molecule has 0 saturated carbocycles. The third-order valence-corrected chi connectivity index (χ3v) is 8.65. The molecule has 1 N–H and O–H groups in total. The van der Waals surface area contributed by atoms with Gasteiger partial charge in [-0.2, -0.15) is 4.31 Å². The lowest BCUT2D eigenvalue weighted by atomic mass is 9.97. The molecule has 4 rings (SSSR count). The molecule has 0 unspecified atom stereocenters. The van der Waals surface area contributed by atoms with E-state index in [0.29, 0.717) is 24.9 Å². The van der Waals surface area contributed by atoms with Gasteiger partial charge >= 0.3 is 0 Å². The summed E-state index contributed by atoms with van der Waals surface area (Å²) in [6.07, 6.45) is 0.776. The van der Waals surface area contributed by atoms with Gasteiger partial charge in [0.1, 0.15) is 5.01 Å². The Morgan fingerprint density at radius 2 is 1.97 bits per heavy atom. The Morgan fingerprint density at radius 1 is 1.25 bits per heavy atom. The minimum Gasteiger partial charge on any atom is -0.349 e. The number of sulfonamides is 1. The summed E-state index contributed by atoms with van der Waals surface area (Å²) in [4.78, 5) is 27.5. The zero-order chi connectivity index (χ0) is 22.9. The minimum absolute atomic E-state index is 0.0644. The number of amides is 1. The van der Waals surface area contributed by atoms with Gasteiger partial charge in [-0.15, -0.1) is 11.3 Å².